The molecular formula is C16H27F3O. The first-order valence-electron chi connectivity index (χ1n) is 7.87. The summed E-state index contributed by atoms with van der Waals surface area (Å²) in [6.07, 6.45) is -1.57. The first-order chi connectivity index (χ1) is 9.08. The Morgan fingerprint density at radius 1 is 1.20 bits per heavy atom. The van der Waals surface area contributed by atoms with Gasteiger partial charge in [0.15, 0.2) is 5.60 Å². The van der Waals surface area contributed by atoms with Crippen LogP contribution >= 0.6 is 0 Å². The van der Waals surface area contributed by atoms with Gasteiger partial charge in [0.2, 0.25) is 0 Å². The molecular weight excluding hydrogens is 265 g/mol. The molecule has 2 fully saturated rings. The van der Waals surface area contributed by atoms with Crippen molar-refractivity contribution in [3.05, 3.63) is 0 Å². The molecule has 2 aliphatic rings. The van der Waals surface area contributed by atoms with Gasteiger partial charge in [-0.2, -0.15) is 13.2 Å². The monoisotopic (exact) mass is 292 g/mol. The van der Waals surface area contributed by atoms with Crippen molar-refractivity contribution in [1.29, 1.82) is 0 Å². The van der Waals surface area contributed by atoms with Crippen LogP contribution in [0.4, 0.5) is 13.2 Å². The number of aliphatic hydroxyl groups is 1. The Morgan fingerprint density at radius 2 is 1.80 bits per heavy atom. The number of halogens is 3. The summed E-state index contributed by atoms with van der Waals surface area (Å²) in [5.41, 5.74) is -2.54. The van der Waals surface area contributed by atoms with Crippen LogP contribution < -0.4 is 0 Å². The maximum Gasteiger partial charge on any atom is 0.416 e. The molecule has 0 saturated heterocycles. The lowest BCUT2D eigenvalue weighted by atomic mass is 9.66. The van der Waals surface area contributed by atoms with E-state index >= 15 is 0 Å². The van der Waals surface area contributed by atoms with Gasteiger partial charge < -0.3 is 5.11 Å². The van der Waals surface area contributed by atoms with Crippen LogP contribution in [0.1, 0.15) is 53.4 Å². The van der Waals surface area contributed by atoms with E-state index in [1.807, 2.05) is 0 Å². The lowest BCUT2D eigenvalue weighted by Crippen LogP contribution is -2.45. The molecule has 0 amide bonds. The first-order valence-corrected chi connectivity index (χ1v) is 7.87. The minimum atomic E-state index is -4.52. The lowest BCUT2D eigenvalue weighted by Gasteiger charge is -2.40. The van der Waals surface area contributed by atoms with Crippen molar-refractivity contribution in [2.75, 3.05) is 0 Å². The maximum atomic E-state index is 12.9. The van der Waals surface area contributed by atoms with Crippen molar-refractivity contribution < 1.29 is 18.3 Å². The third-order valence-corrected chi connectivity index (χ3v) is 5.89. The molecule has 0 aromatic carbocycles. The van der Waals surface area contributed by atoms with Crippen LogP contribution in [0.25, 0.3) is 0 Å². The second-order valence-electron chi connectivity index (χ2n) is 7.52. The van der Waals surface area contributed by atoms with Crippen molar-refractivity contribution in [2.45, 2.75) is 65.2 Å². The highest BCUT2D eigenvalue weighted by Gasteiger charge is 2.57. The summed E-state index contributed by atoms with van der Waals surface area (Å²) >= 11 is 0. The van der Waals surface area contributed by atoms with Gasteiger partial charge in [-0.25, -0.2) is 0 Å². The van der Waals surface area contributed by atoms with Gasteiger partial charge in [0.05, 0.1) is 0 Å². The van der Waals surface area contributed by atoms with Crippen LogP contribution in [0, 0.1) is 35.5 Å². The van der Waals surface area contributed by atoms with Crippen molar-refractivity contribution in [3.63, 3.8) is 0 Å². The average molecular weight is 292 g/mol. The van der Waals surface area contributed by atoms with Crippen LogP contribution in [0.15, 0.2) is 0 Å². The summed E-state index contributed by atoms with van der Waals surface area (Å²) in [6.45, 7) is 7.50. The predicted molar refractivity (Wildman–Crippen MR) is 73.1 cm³/mol. The Bertz CT molecular complexity index is 348. The highest BCUT2D eigenvalue weighted by Crippen LogP contribution is 2.60. The van der Waals surface area contributed by atoms with E-state index in [4.69, 9.17) is 0 Å². The van der Waals surface area contributed by atoms with Gasteiger partial charge >= 0.3 is 6.18 Å². The Morgan fingerprint density at radius 3 is 2.25 bits per heavy atom. The van der Waals surface area contributed by atoms with Gasteiger partial charge in [0.1, 0.15) is 0 Å². The first kappa shape index (κ1) is 16.1. The van der Waals surface area contributed by atoms with Crippen molar-refractivity contribution in [2.24, 2.45) is 35.5 Å². The molecule has 0 spiro atoms. The third kappa shape index (κ3) is 2.60. The second kappa shape index (κ2) is 5.19. The smallest absolute Gasteiger partial charge is 0.381 e. The standard InChI is InChI=1S/C16H27F3O/c1-5-12-10-6-11(8-15(4,20)16(17,18)19)13(7-10)14(12)9(2)3/h9-14,20H,5-8H2,1-4H3. The van der Waals surface area contributed by atoms with Gasteiger partial charge in [0, 0.05) is 0 Å². The summed E-state index contributed by atoms with van der Waals surface area (Å²) in [5.74, 6) is 2.71. The number of hydrogen-bond donors (Lipinski definition) is 1. The SMILES string of the molecule is CCC1C2CC(CC(C)(O)C(F)(F)F)C(C2)C1C(C)C. The van der Waals surface area contributed by atoms with E-state index in [2.05, 4.69) is 20.8 Å². The molecule has 20 heavy (non-hydrogen) atoms. The Hall–Kier alpha value is -0.250. The fourth-order valence-corrected chi connectivity index (χ4v) is 5.11. The normalized spacial score (nSPS) is 40.4. The van der Waals surface area contributed by atoms with Crippen molar-refractivity contribution in [3.8, 4) is 0 Å². The molecule has 2 bridgehead atoms. The summed E-state index contributed by atoms with van der Waals surface area (Å²) in [6, 6.07) is 0. The van der Waals surface area contributed by atoms with E-state index in [1.54, 1.807) is 0 Å². The van der Waals surface area contributed by atoms with Crippen LogP contribution in [0.2, 0.25) is 0 Å². The molecule has 1 N–H and O–H groups in total. The Kier molecular flexibility index (Phi) is 4.18. The predicted octanol–water partition coefficient (Wildman–Crippen LogP) is 4.64. The number of fused-ring (bicyclic) bond motifs is 2. The van der Waals surface area contributed by atoms with Crippen molar-refractivity contribution in [1.82, 2.24) is 0 Å². The zero-order valence-corrected chi connectivity index (χ0v) is 12.9. The van der Waals surface area contributed by atoms with E-state index in [-0.39, 0.29) is 12.3 Å². The van der Waals surface area contributed by atoms with Crippen LogP contribution in [-0.4, -0.2) is 16.9 Å². The van der Waals surface area contributed by atoms with Crippen LogP contribution in [0.5, 0.6) is 0 Å². The molecule has 0 aliphatic heterocycles. The van der Waals surface area contributed by atoms with E-state index in [0.29, 0.717) is 29.6 Å². The van der Waals surface area contributed by atoms with E-state index in [1.165, 1.54) is 0 Å². The molecule has 2 aliphatic carbocycles. The molecule has 6 atom stereocenters. The van der Waals surface area contributed by atoms with E-state index in [0.717, 1.165) is 26.2 Å². The highest BCUT2D eigenvalue weighted by atomic mass is 19.4. The van der Waals surface area contributed by atoms with Crippen molar-refractivity contribution >= 4 is 0 Å². The molecule has 6 unspecified atom stereocenters. The largest absolute Gasteiger partial charge is 0.416 e. The number of hydrogen-bond acceptors (Lipinski definition) is 1. The molecule has 1 nitrogen and oxygen atoms in total. The zero-order valence-electron chi connectivity index (χ0n) is 12.9. The summed E-state index contributed by atoms with van der Waals surface area (Å²) < 4.78 is 38.6. The molecule has 0 heterocycles. The van der Waals surface area contributed by atoms with Gasteiger partial charge in [-0.05, 0) is 61.7 Å². The van der Waals surface area contributed by atoms with Crippen LogP contribution in [-0.2, 0) is 0 Å². The van der Waals surface area contributed by atoms with E-state index in [9.17, 15) is 18.3 Å². The zero-order chi connectivity index (χ0) is 15.3. The molecule has 2 saturated carbocycles. The summed E-state index contributed by atoms with van der Waals surface area (Å²) in [7, 11) is 0. The van der Waals surface area contributed by atoms with Gasteiger partial charge in [0.25, 0.3) is 0 Å². The highest BCUT2D eigenvalue weighted by molar-refractivity contribution is 5.03. The molecule has 0 radical (unpaired) electrons. The molecule has 2 rings (SSSR count). The maximum absolute atomic E-state index is 12.9. The van der Waals surface area contributed by atoms with Crippen LogP contribution in [0.3, 0.4) is 0 Å². The fraction of sp³-hybridized carbons (Fsp3) is 1.00. The number of alkyl halides is 3. The third-order valence-electron chi connectivity index (χ3n) is 5.89. The Labute approximate surface area is 119 Å². The Balaban J connectivity index is 2.11. The fourth-order valence-electron chi connectivity index (χ4n) is 5.11. The quantitative estimate of drug-likeness (QED) is 0.800. The second-order valence-corrected chi connectivity index (χ2v) is 7.52. The lowest BCUT2D eigenvalue weighted by molar-refractivity contribution is -0.260. The molecule has 0 aromatic rings. The average Bonchev–Trinajstić information content (AvgIpc) is 2.82. The molecule has 4 heteroatoms. The molecule has 0 aromatic heterocycles. The summed E-state index contributed by atoms with van der Waals surface area (Å²) in [4.78, 5) is 0. The topological polar surface area (TPSA) is 20.2 Å². The van der Waals surface area contributed by atoms with E-state index < -0.39 is 11.8 Å². The summed E-state index contributed by atoms with van der Waals surface area (Å²) in [5, 5.41) is 9.76. The minimum absolute atomic E-state index is 0.0341. The van der Waals surface area contributed by atoms with Gasteiger partial charge in [-0.3, -0.25) is 0 Å². The minimum Gasteiger partial charge on any atom is -0.381 e. The van der Waals surface area contributed by atoms with Gasteiger partial charge in [-0.1, -0.05) is 27.2 Å². The number of rotatable bonds is 4. The van der Waals surface area contributed by atoms with Gasteiger partial charge in [-0.15, -0.1) is 0 Å². The molecule has 118 valence electrons.